The van der Waals surface area contributed by atoms with Gasteiger partial charge >= 0.3 is 0 Å². The van der Waals surface area contributed by atoms with E-state index >= 15 is 0 Å². The molecular formula is C10H15NO3S. The van der Waals surface area contributed by atoms with Gasteiger partial charge in [0.05, 0.1) is 5.75 Å². The van der Waals surface area contributed by atoms with Crippen molar-refractivity contribution in [3.63, 3.8) is 0 Å². The number of hydrogen-bond acceptors (Lipinski definition) is 3. The third-order valence-electron chi connectivity index (χ3n) is 2.43. The molecule has 0 atom stereocenters. The Kier molecular flexibility index (Phi) is 3.34. The minimum Gasteiger partial charge on any atom is -0.347 e. The number of hydrogen-bond donors (Lipinski definition) is 0. The summed E-state index contributed by atoms with van der Waals surface area (Å²) in [6.45, 7) is 4.09. The summed E-state index contributed by atoms with van der Waals surface area (Å²) in [5.74, 6) is 0.0989. The maximum absolute atomic E-state index is 11.0. The molecule has 0 unspecified atom stereocenters. The molecule has 1 aromatic heterocycles. The van der Waals surface area contributed by atoms with Crippen molar-refractivity contribution in [2.45, 2.75) is 20.4 Å². The summed E-state index contributed by atoms with van der Waals surface area (Å²) in [6.07, 6.45) is 2.00. The van der Waals surface area contributed by atoms with E-state index < -0.39 is 9.84 Å². The number of carbonyl (C=O) groups is 1. The average Bonchev–Trinajstić information content (AvgIpc) is 2.37. The van der Waals surface area contributed by atoms with Crippen molar-refractivity contribution in [2.75, 3.05) is 12.0 Å². The number of sulfone groups is 1. The van der Waals surface area contributed by atoms with Gasteiger partial charge in [-0.2, -0.15) is 0 Å². The van der Waals surface area contributed by atoms with Crippen molar-refractivity contribution in [3.8, 4) is 0 Å². The van der Waals surface area contributed by atoms with Gasteiger partial charge in [0.1, 0.15) is 9.84 Å². The Labute approximate surface area is 89.8 Å². The second-order valence-electron chi connectivity index (χ2n) is 3.73. The van der Waals surface area contributed by atoms with E-state index in [4.69, 9.17) is 0 Å². The van der Waals surface area contributed by atoms with E-state index in [9.17, 15) is 13.2 Å². The van der Waals surface area contributed by atoms with E-state index in [2.05, 4.69) is 0 Å². The molecule has 4 nitrogen and oxygen atoms in total. The topological polar surface area (TPSA) is 56.1 Å². The summed E-state index contributed by atoms with van der Waals surface area (Å²) in [4.78, 5) is 10.7. The molecule has 0 aliphatic carbocycles. The lowest BCUT2D eigenvalue weighted by atomic mass is 10.3. The van der Waals surface area contributed by atoms with Crippen LogP contribution in [0.4, 0.5) is 0 Å². The Morgan fingerprint density at radius 3 is 2.40 bits per heavy atom. The molecule has 0 spiro atoms. The highest BCUT2D eigenvalue weighted by Crippen LogP contribution is 2.13. The number of rotatable bonds is 4. The van der Waals surface area contributed by atoms with Gasteiger partial charge in [0.15, 0.2) is 6.29 Å². The van der Waals surface area contributed by atoms with Gasteiger partial charge in [-0.15, -0.1) is 0 Å². The van der Waals surface area contributed by atoms with Gasteiger partial charge in [0.2, 0.25) is 0 Å². The van der Waals surface area contributed by atoms with Gasteiger partial charge < -0.3 is 4.57 Å². The van der Waals surface area contributed by atoms with Crippen molar-refractivity contribution >= 4 is 16.1 Å². The molecule has 0 saturated carbocycles. The molecule has 0 N–H and O–H groups in total. The van der Waals surface area contributed by atoms with Crippen LogP contribution in [-0.4, -0.2) is 31.3 Å². The highest BCUT2D eigenvalue weighted by atomic mass is 32.2. The van der Waals surface area contributed by atoms with Crippen LogP contribution < -0.4 is 0 Å². The molecule has 0 aromatic carbocycles. The van der Waals surface area contributed by atoms with E-state index in [1.165, 1.54) is 6.26 Å². The lowest BCUT2D eigenvalue weighted by molar-refractivity contribution is 0.112. The van der Waals surface area contributed by atoms with E-state index in [1.807, 2.05) is 18.4 Å². The zero-order valence-electron chi connectivity index (χ0n) is 9.15. The highest BCUT2D eigenvalue weighted by molar-refractivity contribution is 7.90. The monoisotopic (exact) mass is 229 g/mol. The van der Waals surface area contributed by atoms with E-state index in [0.29, 0.717) is 12.1 Å². The third-order valence-corrected chi connectivity index (χ3v) is 3.35. The van der Waals surface area contributed by atoms with Crippen LogP contribution in [0.1, 0.15) is 21.7 Å². The van der Waals surface area contributed by atoms with Crippen LogP contribution in [0.5, 0.6) is 0 Å². The van der Waals surface area contributed by atoms with E-state index in [0.717, 1.165) is 17.7 Å². The maximum Gasteiger partial charge on any atom is 0.151 e. The zero-order chi connectivity index (χ0) is 11.6. The molecule has 0 bridgehead atoms. The molecule has 0 fully saturated rings. The predicted octanol–water partition coefficient (Wildman–Crippen LogP) is 0.962. The first-order valence-corrected chi connectivity index (χ1v) is 6.71. The van der Waals surface area contributed by atoms with Crippen molar-refractivity contribution in [1.29, 1.82) is 0 Å². The molecule has 84 valence electrons. The predicted molar refractivity (Wildman–Crippen MR) is 59.0 cm³/mol. The summed E-state index contributed by atoms with van der Waals surface area (Å²) < 4.78 is 23.9. The fraction of sp³-hybridized carbons (Fsp3) is 0.500. The van der Waals surface area contributed by atoms with Crippen LogP contribution in [-0.2, 0) is 16.4 Å². The third kappa shape index (κ3) is 2.92. The first-order valence-electron chi connectivity index (χ1n) is 4.65. The second-order valence-corrected chi connectivity index (χ2v) is 5.99. The Hall–Kier alpha value is -1.10. The molecule has 15 heavy (non-hydrogen) atoms. The van der Waals surface area contributed by atoms with Crippen molar-refractivity contribution in [3.05, 3.63) is 23.0 Å². The smallest absolute Gasteiger partial charge is 0.151 e. The zero-order valence-corrected chi connectivity index (χ0v) is 9.97. The molecule has 0 aliphatic rings. The highest BCUT2D eigenvalue weighted by Gasteiger charge is 2.10. The molecule has 1 aromatic rings. The van der Waals surface area contributed by atoms with Crippen molar-refractivity contribution < 1.29 is 13.2 Å². The van der Waals surface area contributed by atoms with Gasteiger partial charge in [-0.3, -0.25) is 4.79 Å². The number of aldehydes is 1. The second kappa shape index (κ2) is 4.18. The largest absolute Gasteiger partial charge is 0.347 e. The minimum absolute atomic E-state index is 0.0989. The fourth-order valence-corrected chi connectivity index (χ4v) is 2.06. The molecule has 0 amide bonds. The standard InChI is InChI=1S/C10H15NO3S/c1-8-6-10(7-12)9(2)11(8)4-5-15(3,13)14/h6-7H,4-5H2,1-3H3. The van der Waals surface area contributed by atoms with E-state index in [-0.39, 0.29) is 5.75 Å². The quantitative estimate of drug-likeness (QED) is 0.723. The minimum atomic E-state index is -2.96. The van der Waals surface area contributed by atoms with Crippen LogP contribution in [0, 0.1) is 13.8 Å². The molecule has 0 saturated heterocycles. The molecule has 0 radical (unpaired) electrons. The van der Waals surface area contributed by atoms with Crippen LogP contribution in [0.2, 0.25) is 0 Å². The first kappa shape index (κ1) is 12.0. The average molecular weight is 229 g/mol. The molecule has 1 heterocycles. The van der Waals surface area contributed by atoms with Gasteiger partial charge in [0, 0.05) is 29.8 Å². The summed E-state index contributed by atoms with van der Waals surface area (Å²) in [6, 6.07) is 1.77. The first-order chi connectivity index (χ1) is 6.85. The number of nitrogens with zero attached hydrogens (tertiary/aromatic N) is 1. The molecule has 5 heteroatoms. The normalized spacial score (nSPS) is 11.7. The van der Waals surface area contributed by atoms with Gasteiger partial charge in [0.25, 0.3) is 0 Å². The maximum atomic E-state index is 11.0. The van der Waals surface area contributed by atoms with Crippen molar-refractivity contribution in [1.82, 2.24) is 4.57 Å². The lowest BCUT2D eigenvalue weighted by Crippen LogP contribution is -2.13. The summed E-state index contributed by atoms with van der Waals surface area (Å²) >= 11 is 0. The molecular weight excluding hydrogens is 214 g/mol. The number of aryl methyl sites for hydroxylation is 1. The van der Waals surface area contributed by atoms with Crippen LogP contribution in [0.15, 0.2) is 6.07 Å². The molecule has 1 rings (SSSR count). The number of aromatic nitrogens is 1. The van der Waals surface area contributed by atoms with Crippen LogP contribution in [0.3, 0.4) is 0 Å². The van der Waals surface area contributed by atoms with Gasteiger partial charge in [-0.25, -0.2) is 8.42 Å². The summed E-state index contributed by atoms with van der Waals surface area (Å²) in [5.41, 5.74) is 2.37. The van der Waals surface area contributed by atoms with Gasteiger partial charge in [-0.1, -0.05) is 0 Å². The van der Waals surface area contributed by atoms with Crippen LogP contribution in [0.25, 0.3) is 0 Å². The van der Waals surface area contributed by atoms with Crippen LogP contribution >= 0.6 is 0 Å². The Morgan fingerprint density at radius 2 is 2.00 bits per heavy atom. The fourth-order valence-electron chi connectivity index (χ4n) is 1.55. The lowest BCUT2D eigenvalue weighted by Gasteiger charge is -2.07. The Balaban J connectivity index is 2.95. The Morgan fingerprint density at radius 1 is 1.40 bits per heavy atom. The Bertz CT molecular complexity index is 471. The summed E-state index contributed by atoms with van der Waals surface area (Å²) in [7, 11) is -2.96. The summed E-state index contributed by atoms with van der Waals surface area (Å²) in [5, 5.41) is 0. The van der Waals surface area contributed by atoms with E-state index in [1.54, 1.807) is 6.07 Å². The van der Waals surface area contributed by atoms with Crippen molar-refractivity contribution in [2.24, 2.45) is 0 Å². The molecule has 0 aliphatic heterocycles. The SMILES string of the molecule is Cc1cc(C=O)c(C)n1CCS(C)(=O)=O. The van der Waals surface area contributed by atoms with Gasteiger partial charge in [-0.05, 0) is 19.9 Å². The number of carbonyl (C=O) groups excluding carboxylic acids is 1.